The quantitative estimate of drug-likeness (QED) is 0.0308. The summed E-state index contributed by atoms with van der Waals surface area (Å²) in [7, 11) is 8.07. The second-order valence-electron chi connectivity index (χ2n) is 16.8. The van der Waals surface area contributed by atoms with Crippen molar-refractivity contribution in [2.75, 3.05) is 65.9 Å². The fourth-order valence-corrected chi connectivity index (χ4v) is 10.9. The Hall–Kier alpha value is -5.12. The summed E-state index contributed by atoms with van der Waals surface area (Å²) in [5.41, 5.74) is 7.71. The van der Waals surface area contributed by atoms with Crippen LogP contribution in [0.4, 0.5) is 5.69 Å². The van der Waals surface area contributed by atoms with E-state index in [0.717, 1.165) is 102 Å². The number of hydrogen-bond acceptors (Lipinski definition) is 7. The smallest absolute Gasteiger partial charge is 0.203 e. The topological polar surface area (TPSA) is 76.5 Å². The molecule has 5 unspecified atom stereocenters. The predicted molar refractivity (Wildman–Crippen MR) is 227 cm³/mol. The molecule has 296 valence electrons. The summed E-state index contributed by atoms with van der Waals surface area (Å²) in [5.74, 6) is 2.61. The summed E-state index contributed by atoms with van der Waals surface area (Å²) in [6, 6.07) is 25.3. The number of methoxy groups -OCH3 is 1. The summed E-state index contributed by atoms with van der Waals surface area (Å²) < 4.78 is 22.0. The molecule has 1 fully saturated rings. The average molecular weight is 767 g/mol. The molecule has 5 atom stereocenters. The normalized spacial score (nSPS) is 23.8. The van der Waals surface area contributed by atoms with Crippen molar-refractivity contribution in [3.8, 4) is 33.9 Å². The van der Waals surface area contributed by atoms with Crippen LogP contribution < -0.4 is 29.4 Å². The van der Waals surface area contributed by atoms with Crippen LogP contribution in [0.2, 0.25) is 0 Å². The molecule has 1 saturated heterocycles. The summed E-state index contributed by atoms with van der Waals surface area (Å²) in [5, 5.41) is 22.1. The van der Waals surface area contributed by atoms with E-state index < -0.39 is 0 Å². The van der Waals surface area contributed by atoms with Gasteiger partial charge in [0.2, 0.25) is 5.36 Å². The number of fused-ring (bicyclic) bond motifs is 2. The number of anilines is 1. The van der Waals surface area contributed by atoms with Gasteiger partial charge in [0.15, 0.2) is 12.1 Å². The Balaban J connectivity index is 1.18. The Bertz CT molecular complexity index is 2470. The van der Waals surface area contributed by atoms with E-state index in [0.29, 0.717) is 17.5 Å². The fourth-order valence-electron chi connectivity index (χ4n) is 10.9. The van der Waals surface area contributed by atoms with Crippen LogP contribution in [0.1, 0.15) is 50.8 Å². The van der Waals surface area contributed by atoms with Gasteiger partial charge in [-0.05, 0) is 101 Å². The van der Waals surface area contributed by atoms with Crippen LogP contribution in [-0.4, -0.2) is 94.6 Å². The number of rotatable bonds is 10. The lowest BCUT2D eigenvalue weighted by atomic mass is 9.53. The third kappa shape index (κ3) is 5.71. The molecule has 1 spiro atoms. The molecule has 9 nitrogen and oxygen atoms in total. The highest BCUT2D eigenvalue weighted by atomic mass is 16.5. The number of nitrogens with zero attached hydrogens (tertiary/aromatic N) is 5. The zero-order valence-corrected chi connectivity index (χ0v) is 34.7. The van der Waals surface area contributed by atoms with Crippen molar-refractivity contribution in [2.24, 2.45) is 11.0 Å². The molecule has 2 bridgehead atoms. The molecule has 6 aliphatic rings. The van der Waals surface area contributed by atoms with Crippen LogP contribution in [-0.2, 0) is 11.8 Å². The van der Waals surface area contributed by atoms with Gasteiger partial charge in [0, 0.05) is 71.0 Å². The molecular weight excluding hydrogens is 711 g/mol. The molecule has 3 aliphatic heterocycles. The van der Waals surface area contributed by atoms with Crippen LogP contribution in [0, 0.1) is 5.92 Å². The lowest BCUT2D eigenvalue weighted by Crippen LogP contribution is -2.68. The van der Waals surface area contributed by atoms with Gasteiger partial charge in [0.25, 0.3) is 0 Å². The van der Waals surface area contributed by atoms with Gasteiger partial charge >= 0.3 is 0 Å². The minimum Gasteiger partial charge on any atom is -0.855 e. The van der Waals surface area contributed by atoms with E-state index in [-0.39, 0.29) is 28.1 Å². The minimum absolute atomic E-state index is 0.107. The Labute approximate surface area is 336 Å². The lowest BCUT2D eigenvalue weighted by molar-refractivity contribution is -0.920. The fraction of sp³-hybridized carbons (Fsp3) is 0.417. The van der Waals surface area contributed by atoms with Gasteiger partial charge in [-0.2, -0.15) is 4.59 Å². The van der Waals surface area contributed by atoms with Crippen LogP contribution >= 0.6 is 0 Å². The van der Waals surface area contributed by atoms with E-state index >= 15 is 0 Å². The van der Waals surface area contributed by atoms with Gasteiger partial charge in [-0.3, -0.25) is 0 Å². The monoisotopic (exact) mass is 766 g/mol. The van der Waals surface area contributed by atoms with Crippen molar-refractivity contribution in [1.82, 2.24) is 9.48 Å². The van der Waals surface area contributed by atoms with Gasteiger partial charge in [-0.25, -0.2) is 4.58 Å². The van der Waals surface area contributed by atoms with Gasteiger partial charge in [-0.1, -0.05) is 35.4 Å². The van der Waals surface area contributed by atoms with E-state index in [1.54, 1.807) is 7.11 Å². The van der Waals surface area contributed by atoms with Crippen molar-refractivity contribution in [3.63, 3.8) is 0 Å². The second kappa shape index (κ2) is 14.1. The molecule has 9 heteroatoms. The molecule has 3 aromatic rings. The highest BCUT2D eigenvalue weighted by molar-refractivity contribution is 6.08. The first-order chi connectivity index (χ1) is 27.6. The second-order valence-corrected chi connectivity index (χ2v) is 16.8. The maximum atomic E-state index is 14.9. The molecule has 0 radical (unpaired) electrons. The first-order valence-electron chi connectivity index (χ1n) is 20.9. The number of hydrogen-bond donors (Lipinski definition) is 0. The van der Waals surface area contributed by atoms with E-state index in [2.05, 4.69) is 116 Å². The van der Waals surface area contributed by atoms with E-state index in [1.807, 2.05) is 32.3 Å². The maximum absolute atomic E-state index is 14.9. The zero-order valence-electron chi connectivity index (χ0n) is 34.7. The Morgan fingerprint density at radius 3 is 2.53 bits per heavy atom. The summed E-state index contributed by atoms with van der Waals surface area (Å²) in [4.78, 5) is 4.84. The molecule has 3 heterocycles. The van der Waals surface area contributed by atoms with Crippen molar-refractivity contribution in [3.05, 3.63) is 107 Å². The molecule has 3 aromatic carbocycles. The summed E-state index contributed by atoms with van der Waals surface area (Å²) in [6.07, 6.45) is 6.50. The third-order valence-corrected chi connectivity index (χ3v) is 13.8. The zero-order chi connectivity index (χ0) is 39.8. The number of ether oxygens (including phenoxy) is 2. The minimum atomic E-state index is -0.256. The molecule has 57 heavy (non-hydrogen) atoms. The molecule has 0 saturated carbocycles. The number of piperidine rings is 1. The Kier molecular flexibility index (Phi) is 9.24. The highest BCUT2D eigenvalue weighted by Crippen LogP contribution is 2.62. The molecule has 3 aliphatic carbocycles. The van der Waals surface area contributed by atoms with Crippen LogP contribution in [0.5, 0.6) is 11.5 Å². The molecule has 0 aromatic heterocycles. The van der Waals surface area contributed by atoms with Gasteiger partial charge < -0.3 is 28.8 Å². The SMILES string of the molecule is CCN(CC)c1ccc2c(-c3ccccc3/C([O-])=N/[N+](C)(C)C3C=CC4C5Cc6cc(OC)cc7c6C4(CCN5C)C3O7)c3ccc(=[N+](CC)CC)cc-3oc2c1. The van der Waals surface area contributed by atoms with Crippen molar-refractivity contribution in [1.29, 1.82) is 0 Å². The molecule has 9 rings (SSSR count). The van der Waals surface area contributed by atoms with Gasteiger partial charge in [0.1, 0.15) is 35.9 Å². The first kappa shape index (κ1) is 37.5. The molecule has 0 N–H and O–H groups in total. The van der Waals surface area contributed by atoms with Gasteiger partial charge in [0.05, 0.1) is 38.6 Å². The predicted octanol–water partition coefficient (Wildman–Crippen LogP) is 6.48. The lowest BCUT2D eigenvalue weighted by Gasteiger charge is -2.57. The maximum Gasteiger partial charge on any atom is 0.203 e. The van der Waals surface area contributed by atoms with Gasteiger partial charge in [-0.15, -0.1) is 0 Å². The molecular formula is C48H56N5O4+. The van der Waals surface area contributed by atoms with Crippen LogP contribution in [0.25, 0.3) is 33.4 Å². The largest absolute Gasteiger partial charge is 0.855 e. The van der Waals surface area contributed by atoms with E-state index in [1.165, 1.54) is 11.1 Å². The Morgan fingerprint density at radius 1 is 0.982 bits per heavy atom. The number of quaternary nitrogens is 1. The van der Waals surface area contributed by atoms with Crippen molar-refractivity contribution >= 4 is 22.6 Å². The summed E-state index contributed by atoms with van der Waals surface area (Å²) >= 11 is 0. The third-order valence-electron chi connectivity index (χ3n) is 13.8. The van der Waals surface area contributed by atoms with Crippen molar-refractivity contribution in [2.45, 2.75) is 64.1 Å². The van der Waals surface area contributed by atoms with Crippen LogP contribution in [0.3, 0.4) is 0 Å². The summed E-state index contributed by atoms with van der Waals surface area (Å²) in [6.45, 7) is 13.3. The standard InChI is InChI=1S/C48H56N5O4/c1-9-51(10-2)31-17-19-36-41(27-31)56-42-28-32(52(11-3)12-4)18-20-37(42)44(36)34-15-13-14-16-35(34)47(54)49-53(6,7)40-22-21-38-39-26-30-25-33(55-8)29-43-45(30)48(38,46(40)57-43)23-24-50(39)5/h13-22,25,27-29,38-40,46H,9-12,23-24,26H2,1-8H3/q+1. The van der Waals surface area contributed by atoms with E-state index in [9.17, 15) is 5.11 Å². The number of benzene rings is 4. The average Bonchev–Trinajstić information content (AvgIpc) is 3.55. The van der Waals surface area contributed by atoms with Crippen molar-refractivity contribution < 1.29 is 23.6 Å². The van der Waals surface area contributed by atoms with E-state index in [4.69, 9.17) is 19.0 Å². The number of likely N-dealkylation sites (N-methyl/N-ethyl adjacent to an activating group) is 2. The highest BCUT2D eigenvalue weighted by Gasteiger charge is 2.66. The molecule has 0 amide bonds. The first-order valence-corrected chi connectivity index (χ1v) is 20.9. The number of likely N-dealkylation sites (tertiary alicyclic amines) is 1. The Morgan fingerprint density at radius 2 is 1.77 bits per heavy atom. The van der Waals surface area contributed by atoms with Crippen LogP contribution in [0.15, 0.2) is 94.5 Å².